The third-order valence-corrected chi connectivity index (χ3v) is 3.51. The number of methoxy groups -OCH3 is 1. The van der Waals surface area contributed by atoms with Crippen molar-refractivity contribution < 1.29 is 4.74 Å². The van der Waals surface area contributed by atoms with E-state index in [9.17, 15) is 0 Å². The molecule has 0 amide bonds. The lowest BCUT2D eigenvalue weighted by atomic mass is 10.1. The van der Waals surface area contributed by atoms with Crippen molar-refractivity contribution in [1.82, 2.24) is 9.59 Å². The van der Waals surface area contributed by atoms with Crippen LogP contribution in [-0.2, 0) is 0 Å². The summed E-state index contributed by atoms with van der Waals surface area (Å²) in [5, 5.41) is 5.97. The normalized spacial score (nSPS) is 10.9. The summed E-state index contributed by atoms with van der Waals surface area (Å²) in [5.41, 5.74) is 3.87. The van der Waals surface area contributed by atoms with Gasteiger partial charge in [0.2, 0.25) is 0 Å². The first-order chi connectivity index (χ1) is 10.3. The number of aliphatic imine (C=N–C) groups is 1. The maximum atomic E-state index is 5.13. The number of benzene rings is 2. The molecule has 0 aliphatic carbocycles. The van der Waals surface area contributed by atoms with Gasteiger partial charge in [0.25, 0.3) is 0 Å². The molecule has 104 valence electrons. The fraction of sp³-hybridized carbons (Fsp3) is 0.0625. The van der Waals surface area contributed by atoms with Crippen molar-refractivity contribution in [3.05, 3.63) is 59.5 Å². The monoisotopic (exact) mass is 295 g/mol. The second-order valence-corrected chi connectivity index (χ2v) is 4.98. The van der Waals surface area contributed by atoms with Gasteiger partial charge < -0.3 is 4.74 Å². The quantitative estimate of drug-likeness (QED) is 0.684. The molecule has 4 nitrogen and oxygen atoms in total. The first kappa shape index (κ1) is 13.5. The minimum atomic E-state index is 0.841. The van der Waals surface area contributed by atoms with Crippen LogP contribution in [0.2, 0.25) is 0 Å². The molecule has 2 aromatic carbocycles. The Morgan fingerprint density at radius 3 is 2.43 bits per heavy atom. The number of rotatable bonds is 4. The zero-order valence-electron chi connectivity index (χ0n) is 11.4. The SMILES string of the molecule is COc1ccc(C=Nc2ccc(-c3csnn3)cc2)cc1. The van der Waals surface area contributed by atoms with Crippen LogP contribution in [0.25, 0.3) is 11.3 Å². The molecular formula is C16H13N3OS. The smallest absolute Gasteiger partial charge is 0.118 e. The predicted molar refractivity (Wildman–Crippen MR) is 85.6 cm³/mol. The van der Waals surface area contributed by atoms with E-state index in [4.69, 9.17) is 4.74 Å². The van der Waals surface area contributed by atoms with Gasteiger partial charge in [0, 0.05) is 17.2 Å². The molecule has 21 heavy (non-hydrogen) atoms. The molecule has 0 atom stereocenters. The van der Waals surface area contributed by atoms with Crippen LogP contribution < -0.4 is 4.74 Å². The Labute approximate surface area is 126 Å². The van der Waals surface area contributed by atoms with Crippen LogP contribution in [0.1, 0.15) is 5.56 Å². The molecule has 1 heterocycles. The van der Waals surface area contributed by atoms with Crippen LogP contribution in [-0.4, -0.2) is 22.9 Å². The highest BCUT2D eigenvalue weighted by molar-refractivity contribution is 7.03. The van der Waals surface area contributed by atoms with Gasteiger partial charge in [-0.15, -0.1) is 5.10 Å². The van der Waals surface area contributed by atoms with Crippen LogP contribution in [0.15, 0.2) is 58.9 Å². The Bertz CT molecular complexity index is 719. The highest BCUT2D eigenvalue weighted by atomic mass is 32.1. The first-order valence-electron chi connectivity index (χ1n) is 6.41. The summed E-state index contributed by atoms with van der Waals surface area (Å²) < 4.78 is 8.99. The zero-order chi connectivity index (χ0) is 14.5. The highest BCUT2D eigenvalue weighted by Gasteiger charge is 2.00. The van der Waals surface area contributed by atoms with E-state index in [-0.39, 0.29) is 0 Å². The van der Waals surface area contributed by atoms with Crippen LogP contribution in [0.3, 0.4) is 0 Å². The van der Waals surface area contributed by atoms with Gasteiger partial charge in [-0.05, 0) is 53.5 Å². The average molecular weight is 295 g/mol. The Morgan fingerprint density at radius 2 is 1.81 bits per heavy atom. The largest absolute Gasteiger partial charge is 0.497 e. The molecular weight excluding hydrogens is 282 g/mol. The summed E-state index contributed by atoms with van der Waals surface area (Å²) in [6.45, 7) is 0. The van der Waals surface area contributed by atoms with Crippen molar-refractivity contribution in [2.24, 2.45) is 4.99 Å². The van der Waals surface area contributed by atoms with Gasteiger partial charge in [0.05, 0.1) is 12.8 Å². The predicted octanol–water partition coefficient (Wildman–Crippen LogP) is 3.96. The van der Waals surface area contributed by atoms with Crippen molar-refractivity contribution in [2.45, 2.75) is 0 Å². The lowest BCUT2D eigenvalue weighted by Crippen LogP contribution is -1.84. The van der Waals surface area contributed by atoms with Gasteiger partial charge in [-0.1, -0.05) is 16.6 Å². The maximum Gasteiger partial charge on any atom is 0.118 e. The van der Waals surface area contributed by atoms with E-state index in [2.05, 4.69) is 14.6 Å². The van der Waals surface area contributed by atoms with E-state index < -0.39 is 0 Å². The van der Waals surface area contributed by atoms with Crippen LogP contribution in [0.5, 0.6) is 5.75 Å². The average Bonchev–Trinajstić information content (AvgIpc) is 3.08. The number of nitrogens with zero attached hydrogens (tertiary/aromatic N) is 3. The van der Waals surface area contributed by atoms with Crippen LogP contribution in [0.4, 0.5) is 5.69 Å². The number of hydrogen-bond acceptors (Lipinski definition) is 5. The number of aromatic nitrogens is 2. The third kappa shape index (κ3) is 3.32. The molecule has 1 aromatic heterocycles. The van der Waals surface area contributed by atoms with Crippen molar-refractivity contribution >= 4 is 23.4 Å². The molecule has 0 saturated carbocycles. The Balaban J connectivity index is 1.73. The molecule has 0 aliphatic rings. The third-order valence-electron chi connectivity index (χ3n) is 3.00. The van der Waals surface area contributed by atoms with Crippen molar-refractivity contribution in [1.29, 1.82) is 0 Å². The summed E-state index contributed by atoms with van der Waals surface area (Å²) in [7, 11) is 1.66. The molecule has 3 aromatic rings. The van der Waals surface area contributed by atoms with Gasteiger partial charge >= 0.3 is 0 Å². The lowest BCUT2D eigenvalue weighted by molar-refractivity contribution is 0.415. The Hall–Kier alpha value is -2.53. The van der Waals surface area contributed by atoms with Crippen LogP contribution in [0, 0.1) is 0 Å². The van der Waals surface area contributed by atoms with Crippen molar-refractivity contribution in [3.63, 3.8) is 0 Å². The highest BCUT2D eigenvalue weighted by Crippen LogP contribution is 2.21. The van der Waals surface area contributed by atoms with E-state index >= 15 is 0 Å². The summed E-state index contributed by atoms with van der Waals surface area (Å²) in [4.78, 5) is 4.46. The van der Waals surface area contributed by atoms with Crippen molar-refractivity contribution in [2.75, 3.05) is 7.11 Å². The Kier molecular flexibility index (Phi) is 4.02. The molecule has 5 heteroatoms. The van der Waals surface area contributed by atoms with Gasteiger partial charge in [-0.25, -0.2) is 0 Å². The number of hydrogen-bond donors (Lipinski definition) is 0. The molecule has 0 N–H and O–H groups in total. The summed E-state index contributed by atoms with van der Waals surface area (Å²) in [5.74, 6) is 0.841. The van der Waals surface area contributed by atoms with Crippen molar-refractivity contribution in [3.8, 4) is 17.0 Å². The molecule has 0 aliphatic heterocycles. The summed E-state index contributed by atoms with van der Waals surface area (Å²) in [6, 6.07) is 15.7. The Morgan fingerprint density at radius 1 is 1.05 bits per heavy atom. The topological polar surface area (TPSA) is 47.4 Å². The van der Waals surface area contributed by atoms with Gasteiger partial charge in [-0.2, -0.15) is 0 Å². The summed E-state index contributed by atoms with van der Waals surface area (Å²) in [6.07, 6.45) is 1.83. The maximum absolute atomic E-state index is 5.13. The second-order valence-electron chi connectivity index (χ2n) is 4.37. The minimum absolute atomic E-state index is 0.841. The standard InChI is InChI=1S/C16H13N3OS/c1-20-15-8-2-12(3-9-15)10-17-14-6-4-13(5-7-14)16-11-21-19-18-16/h2-11H,1H3. The number of ether oxygens (including phenoxy) is 1. The van der Waals surface area contributed by atoms with E-state index in [0.717, 1.165) is 28.3 Å². The molecule has 0 bridgehead atoms. The first-order valence-corrected chi connectivity index (χ1v) is 7.24. The second kappa shape index (κ2) is 6.28. The molecule has 0 radical (unpaired) electrons. The van der Waals surface area contributed by atoms with Gasteiger partial charge in [-0.3, -0.25) is 4.99 Å². The molecule has 0 spiro atoms. The van der Waals surface area contributed by atoms with Crippen LogP contribution >= 0.6 is 11.5 Å². The molecule has 0 fully saturated rings. The molecule has 0 saturated heterocycles. The lowest BCUT2D eigenvalue weighted by Gasteiger charge is -1.99. The van der Waals surface area contributed by atoms with E-state index in [1.807, 2.05) is 60.1 Å². The fourth-order valence-electron chi connectivity index (χ4n) is 1.85. The minimum Gasteiger partial charge on any atom is -0.497 e. The summed E-state index contributed by atoms with van der Waals surface area (Å²) >= 11 is 1.35. The molecule has 3 rings (SSSR count). The van der Waals surface area contributed by atoms with Gasteiger partial charge in [0.1, 0.15) is 11.4 Å². The van der Waals surface area contributed by atoms with E-state index in [1.54, 1.807) is 7.11 Å². The molecule has 0 unspecified atom stereocenters. The zero-order valence-corrected chi connectivity index (χ0v) is 12.2. The van der Waals surface area contributed by atoms with E-state index in [1.165, 1.54) is 11.5 Å². The fourth-order valence-corrected chi connectivity index (χ4v) is 2.31. The van der Waals surface area contributed by atoms with E-state index in [0.29, 0.717) is 0 Å². The van der Waals surface area contributed by atoms with Gasteiger partial charge in [0.15, 0.2) is 0 Å².